The molecule has 30 heavy (non-hydrogen) atoms. The summed E-state index contributed by atoms with van der Waals surface area (Å²) in [6.45, 7) is 1.34. The molecule has 3 N–H and O–H groups in total. The fourth-order valence-corrected chi connectivity index (χ4v) is 3.02. The molecule has 3 rings (SSSR count). The zero-order valence-electron chi connectivity index (χ0n) is 16.5. The molecular weight excluding hydrogens is 390 g/mol. The Morgan fingerprint density at radius 2 is 1.87 bits per heavy atom. The van der Waals surface area contributed by atoms with Gasteiger partial charge in [-0.2, -0.15) is 0 Å². The highest BCUT2D eigenvalue weighted by molar-refractivity contribution is 5.93. The van der Waals surface area contributed by atoms with Crippen molar-refractivity contribution < 1.29 is 18.3 Å². The Labute approximate surface area is 173 Å². The fraction of sp³-hybridized carbons (Fsp3) is 0.227. The number of nitrogens with zero attached hydrogens (tertiary/aromatic N) is 2. The zero-order chi connectivity index (χ0) is 21.5. The van der Waals surface area contributed by atoms with Crippen molar-refractivity contribution in [1.29, 1.82) is 0 Å². The van der Waals surface area contributed by atoms with Crippen molar-refractivity contribution in [2.24, 2.45) is 5.73 Å². The van der Waals surface area contributed by atoms with Gasteiger partial charge in [0.05, 0.1) is 17.9 Å². The van der Waals surface area contributed by atoms with E-state index in [-0.39, 0.29) is 17.0 Å². The van der Waals surface area contributed by atoms with Gasteiger partial charge in [0.2, 0.25) is 0 Å². The number of carbonyl (C=O) groups excluding carboxylic acids is 1. The Kier molecular flexibility index (Phi) is 7.03. The zero-order valence-corrected chi connectivity index (χ0v) is 16.5. The number of ether oxygens (including phenoxy) is 1. The first kappa shape index (κ1) is 21.3. The van der Waals surface area contributed by atoms with Gasteiger partial charge < -0.3 is 15.8 Å². The van der Waals surface area contributed by atoms with Gasteiger partial charge in [0.1, 0.15) is 23.1 Å². The van der Waals surface area contributed by atoms with Crippen LogP contribution >= 0.6 is 0 Å². The quantitative estimate of drug-likeness (QED) is 0.525. The molecular formula is C22H22F2N4O2. The highest BCUT2D eigenvalue weighted by Crippen LogP contribution is 2.37. The van der Waals surface area contributed by atoms with Crippen LogP contribution in [0.5, 0.6) is 5.75 Å². The van der Waals surface area contributed by atoms with Gasteiger partial charge in [0.15, 0.2) is 0 Å². The number of amides is 1. The number of nitrogens with one attached hydrogen (secondary N) is 1. The lowest BCUT2D eigenvalue weighted by Crippen LogP contribution is -2.14. The van der Waals surface area contributed by atoms with E-state index < -0.39 is 17.5 Å². The highest BCUT2D eigenvalue weighted by Gasteiger charge is 2.21. The fourth-order valence-electron chi connectivity index (χ4n) is 3.02. The Morgan fingerprint density at radius 3 is 2.57 bits per heavy atom. The lowest BCUT2D eigenvalue weighted by Gasteiger charge is -2.15. The molecule has 2 heterocycles. The minimum Gasteiger partial charge on any atom is -0.493 e. The summed E-state index contributed by atoms with van der Waals surface area (Å²) < 4.78 is 35.0. The summed E-state index contributed by atoms with van der Waals surface area (Å²) in [7, 11) is 1.88. The van der Waals surface area contributed by atoms with E-state index in [9.17, 15) is 13.6 Å². The van der Waals surface area contributed by atoms with Gasteiger partial charge in [-0.3, -0.25) is 9.78 Å². The average Bonchev–Trinajstić information content (AvgIpc) is 2.74. The molecule has 0 atom stereocenters. The van der Waals surface area contributed by atoms with Gasteiger partial charge in [0, 0.05) is 23.5 Å². The molecule has 2 aromatic heterocycles. The maximum Gasteiger partial charge on any atom is 0.267 e. The van der Waals surface area contributed by atoms with Crippen molar-refractivity contribution in [2.75, 3.05) is 20.2 Å². The van der Waals surface area contributed by atoms with Crippen LogP contribution in [-0.4, -0.2) is 36.1 Å². The first-order valence-corrected chi connectivity index (χ1v) is 9.50. The Bertz CT molecular complexity index is 1020. The minimum atomic E-state index is -0.802. The Balaban J connectivity index is 2.08. The molecule has 0 radical (unpaired) electrons. The van der Waals surface area contributed by atoms with Crippen molar-refractivity contribution in [3.05, 3.63) is 66.1 Å². The molecule has 0 unspecified atom stereocenters. The van der Waals surface area contributed by atoms with Gasteiger partial charge in [-0.05, 0) is 56.8 Å². The van der Waals surface area contributed by atoms with Crippen LogP contribution in [0, 0.1) is 11.6 Å². The van der Waals surface area contributed by atoms with Crippen LogP contribution in [0.25, 0.3) is 22.4 Å². The van der Waals surface area contributed by atoms with E-state index in [4.69, 9.17) is 10.5 Å². The number of unbranched alkanes of at least 4 members (excludes halogenated alkanes) is 1. The van der Waals surface area contributed by atoms with Crippen LogP contribution in [0.1, 0.15) is 23.3 Å². The number of rotatable bonds is 9. The van der Waals surface area contributed by atoms with E-state index in [0.29, 0.717) is 23.5 Å². The van der Waals surface area contributed by atoms with Crippen molar-refractivity contribution in [3.63, 3.8) is 0 Å². The van der Waals surface area contributed by atoms with E-state index in [2.05, 4.69) is 15.3 Å². The number of hydrogen-bond acceptors (Lipinski definition) is 5. The molecule has 0 aliphatic carbocycles. The second kappa shape index (κ2) is 9.89. The predicted octanol–water partition coefficient (Wildman–Crippen LogP) is 3.57. The summed E-state index contributed by atoms with van der Waals surface area (Å²) in [5.74, 6) is -1.90. The highest BCUT2D eigenvalue weighted by atomic mass is 19.1. The maximum atomic E-state index is 14.5. The number of halogens is 2. The molecule has 0 aliphatic rings. The number of aromatic nitrogens is 2. The second-order valence-corrected chi connectivity index (χ2v) is 6.58. The number of hydrogen-bond donors (Lipinski definition) is 2. The molecule has 0 bridgehead atoms. The van der Waals surface area contributed by atoms with Crippen molar-refractivity contribution >= 4 is 5.91 Å². The van der Waals surface area contributed by atoms with Gasteiger partial charge in [-0.15, -0.1) is 0 Å². The van der Waals surface area contributed by atoms with Crippen molar-refractivity contribution in [1.82, 2.24) is 15.3 Å². The third-order valence-electron chi connectivity index (χ3n) is 4.50. The summed E-state index contributed by atoms with van der Waals surface area (Å²) in [5, 5.41) is 3.07. The molecule has 8 heteroatoms. The first-order chi connectivity index (χ1) is 14.5. The molecule has 6 nitrogen and oxygen atoms in total. The third-order valence-corrected chi connectivity index (χ3v) is 4.50. The average molecular weight is 412 g/mol. The molecule has 0 saturated heterocycles. The molecule has 0 aliphatic heterocycles. The molecule has 3 aromatic rings. The summed E-state index contributed by atoms with van der Waals surface area (Å²) >= 11 is 0. The Hall–Kier alpha value is -3.39. The lowest BCUT2D eigenvalue weighted by molar-refractivity contribution is 0.0995. The van der Waals surface area contributed by atoms with E-state index >= 15 is 0 Å². The standard InChI is InChI=1S/C22H22F2N4O2/c1-26-10-2-3-12-30-19-9-11-27-13-15(19)14-7-8-18(22(25)29)28-21(14)20-16(23)5-4-6-17(20)24/h4-9,11,13,26H,2-3,10,12H2,1H3,(H2,25,29). The van der Waals surface area contributed by atoms with Gasteiger partial charge in [0.25, 0.3) is 5.91 Å². The number of nitrogens with two attached hydrogens (primary N) is 1. The number of benzene rings is 1. The normalized spacial score (nSPS) is 10.8. The molecule has 0 saturated carbocycles. The predicted molar refractivity (Wildman–Crippen MR) is 110 cm³/mol. The first-order valence-electron chi connectivity index (χ1n) is 9.50. The number of pyridine rings is 2. The summed E-state index contributed by atoms with van der Waals surface area (Å²) in [5.41, 5.74) is 5.72. The third kappa shape index (κ3) is 4.77. The van der Waals surface area contributed by atoms with E-state index in [0.717, 1.165) is 31.5 Å². The topological polar surface area (TPSA) is 90.1 Å². The summed E-state index contributed by atoms with van der Waals surface area (Å²) in [4.78, 5) is 19.9. The van der Waals surface area contributed by atoms with E-state index in [1.807, 2.05) is 7.05 Å². The van der Waals surface area contributed by atoms with Crippen LogP contribution in [0.3, 0.4) is 0 Å². The largest absolute Gasteiger partial charge is 0.493 e. The van der Waals surface area contributed by atoms with Crippen LogP contribution in [-0.2, 0) is 0 Å². The van der Waals surface area contributed by atoms with Gasteiger partial charge >= 0.3 is 0 Å². The summed E-state index contributed by atoms with van der Waals surface area (Å²) in [6.07, 6.45) is 4.88. The van der Waals surface area contributed by atoms with E-state index in [1.54, 1.807) is 18.3 Å². The second-order valence-electron chi connectivity index (χ2n) is 6.58. The van der Waals surface area contributed by atoms with Crippen LogP contribution in [0.2, 0.25) is 0 Å². The van der Waals surface area contributed by atoms with Gasteiger partial charge in [-0.25, -0.2) is 13.8 Å². The SMILES string of the molecule is CNCCCCOc1ccncc1-c1ccc(C(N)=O)nc1-c1c(F)cccc1F. The van der Waals surface area contributed by atoms with Crippen LogP contribution in [0.4, 0.5) is 8.78 Å². The van der Waals surface area contributed by atoms with Crippen LogP contribution in [0.15, 0.2) is 48.8 Å². The van der Waals surface area contributed by atoms with E-state index in [1.165, 1.54) is 18.3 Å². The van der Waals surface area contributed by atoms with Crippen molar-refractivity contribution in [3.8, 4) is 28.1 Å². The Morgan fingerprint density at radius 1 is 1.10 bits per heavy atom. The summed E-state index contributed by atoms with van der Waals surface area (Å²) in [6, 6.07) is 8.14. The molecule has 1 aromatic carbocycles. The molecule has 1 amide bonds. The maximum absolute atomic E-state index is 14.5. The monoisotopic (exact) mass is 412 g/mol. The number of carbonyl (C=O) groups is 1. The molecule has 0 spiro atoms. The smallest absolute Gasteiger partial charge is 0.267 e. The number of primary amides is 1. The molecule has 0 fully saturated rings. The molecule has 156 valence electrons. The van der Waals surface area contributed by atoms with Crippen LogP contribution < -0.4 is 15.8 Å². The minimum absolute atomic E-state index is 0.0464. The lowest BCUT2D eigenvalue weighted by atomic mass is 9.98. The van der Waals surface area contributed by atoms with Gasteiger partial charge in [-0.1, -0.05) is 6.07 Å². The van der Waals surface area contributed by atoms with Crippen molar-refractivity contribution in [2.45, 2.75) is 12.8 Å².